The summed E-state index contributed by atoms with van der Waals surface area (Å²) in [7, 11) is 2.09. The van der Waals surface area contributed by atoms with Gasteiger partial charge in [0.2, 0.25) is 0 Å². The quantitative estimate of drug-likeness (QED) is 0.137. The molecule has 1 fully saturated rings. The van der Waals surface area contributed by atoms with Gasteiger partial charge in [-0.05, 0) is 49.5 Å². The minimum atomic E-state index is -0.288. The first-order valence-electron chi connectivity index (χ1n) is 18.3. The number of hydrogen-bond acceptors (Lipinski definition) is 9. The summed E-state index contributed by atoms with van der Waals surface area (Å²) in [6, 6.07) is 33.2. The molecule has 0 saturated carbocycles. The first kappa shape index (κ1) is 35.1. The molecule has 0 aliphatic carbocycles. The number of aromatic nitrogens is 2. The summed E-state index contributed by atoms with van der Waals surface area (Å²) in [4.78, 5) is 31.7. The molecular formula is C42H48N6O4. The zero-order valence-corrected chi connectivity index (χ0v) is 30.4. The summed E-state index contributed by atoms with van der Waals surface area (Å²) < 4.78 is 18.4. The Hall–Kier alpha value is -5.35. The van der Waals surface area contributed by atoms with Gasteiger partial charge in [0.05, 0.1) is 12.2 Å². The Morgan fingerprint density at radius 1 is 0.827 bits per heavy atom. The van der Waals surface area contributed by atoms with Crippen molar-refractivity contribution in [3.8, 4) is 11.8 Å². The molecule has 52 heavy (non-hydrogen) atoms. The standard InChI is InChI=1S/C42H48N6O4/c1-4-45(3)27-31(2)52-41-43-38-28-48(39-26-35(25-34-17-11-12-18-36(34)39)50-29-32-13-7-5-8-14-32)20-19-37(38)40(44-41)46-21-23-47(24-22-46)42(49)51-30-33-15-9-6-10-16-33/h5-18,25-26,31H,4,19-24,27-30H2,1-3H3/t31-/m1/s1. The van der Waals surface area contributed by atoms with Crippen LogP contribution in [0.3, 0.4) is 0 Å². The molecule has 1 atom stereocenters. The molecule has 10 heteroatoms. The third-order valence-corrected chi connectivity index (χ3v) is 9.88. The van der Waals surface area contributed by atoms with Gasteiger partial charge in [0.25, 0.3) is 0 Å². The second-order valence-corrected chi connectivity index (χ2v) is 13.7. The number of benzene rings is 4. The van der Waals surface area contributed by atoms with E-state index in [1.165, 1.54) is 5.39 Å². The lowest BCUT2D eigenvalue weighted by atomic mass is 10.0. The van der Waals surface area contributed by atoms with Crippen LogP contribution in [0.5, 0.6) is 11.8 Å². The summed E-state index contributed by atoms with van der Waals surface area (Å²) in [5.74, 6) is 1.74. The highest BCUT2D eigenvalue weighted by molar-refractivity contribution is 5.96. The molecule has 0 bridgehead atoms. The lowest BCUT2D eigenvalue weighted by Crippen LogP contribution is -2.49. The van der Waals surface area contributed by atoms with Crippen LogP contribution >= 0.6 is 0 Å². The highest BCUT2D eigenvalue weighted by Gasteiger charge is 2.30. The Kier molecular flexibility index (Phi) is 11.0. The molecule has 1 amide bonds. The summed E-state index contributed by atoms with van der Waals surface area (Å²) in [6.45, 7) is 10.5. The Bertz CT molecular complexity index is 1950. The monoisotopic (exact) mass is 700 g/mol. The number of amides is 1. The van der Waals surface area contributed by atoms with E-state index < -0.39 is 0 Å². The van der Waals surface area contributed by atoms with Gasteiger partial charge in [-0.1, -0.05) is 91.9 Å². The number of ether oxygens (including phenoxy) is 3. The molecule has 0 radical (unpaired) electrons. The summed E-state index contributed by atoms with van der Waals surface area (Å²) in [5, 5.41) is 2.31. The van der Waals surface area contributed by atoms with E-state index in [0.717, 1.165) is 71.1 Å². The summed E-state index contributed by atoms with van der Waals surface area (Å²) >= 11 is 0. The van der Waals surface area contributed by atoms with Crippen molar-refractivity contribution in [3.05, 3.63) is 119 Å². The van der Waals surface area contributed by atoms with E-state index in [-0.39, 0.29) is 18.8 Å². The van der Waals surface area contributed by atoms with E-state index in [0.29, 0.717) is 45.3 Å². The van der Waals surface area contributed by atoms with E-state index in [9.17, 15) is 4.79 Å². The normalized spacial score (nSPS) is 15.0. The van der Waals surface area contributed by atoms with Crippen molar-refractivity contribution in [1.29, 1.82) is 0 Å². The van der Waals surface area contributed by atoms with Crippen LogP contribution in [-0.4, -0.2) is 84.8 Å². The van der Waals surface area contributed by atoms with Crippen molar-refractivity contribution in [3.63, 3.8) is 0 Å². The minimum Gasteiger partial charge on any atom is -0.489 e. The number of nitrogens with zero attached hydrogens (tertiary/aromatic N) is 6. The molecule has 5 aromatic rings. The molecule has 1 aromatic heterocycles. The van der Waals surface area contributed by atoms with Crippen LogP contribution in [0.15, 0.2) is 97.1 Å². The zero-order chi connectivity index (χ0) is 35.9. The van der Waals surface area contributed by atoms with Crippen molar-refractivity contribution >= 4 is 28.4 Å². The average molecular weight is 701 g/mol. The molecule has 0 N–H and O–H groups in total. The molecule has 3 heterocycles. The van der Waals surface area contributed by atoms with Crippen molar-refractivity contribution < 1.29 is 19.0 Å². The minimum absolute atomic E-state index is 0.0887. The fourth-order valence-corrected chi connectivity index (χ4v) is 6.95. The molecular weight excluding hydrogens is 652 g/mol. The van der Waals surface area contributed by atoms with Crippen LogP contribution in [0, 0.1) is 0 Å². The lowest BCUT2D eigenvalue weighted by molar-refractivity contribution is 0.0940. The number of fused-ring (bicyclic) bond motifs is 2. The number of anilines is 2. The molecule has 2 aliphatic heterocycles. The Balaban J connectivity index is 1.12. The van der Waals surface area contributed by atoms with Crippen LogP contribution in [0.4, 0.5) is 16.3 Å². The largest absolute Gasteiger partial charge is 0.489 e. The fourth-order valence-electron chi connectivity index (χ4n) is 6.95. The third kappa shape index (κ3) is 8.40. The highest BCUT2D eigenvalue weighted by atomic mass is 16.6. The van der Waals surface area contributed by atoms with Gasteiger partial charge in [-0.2, -0.15) is 9.97 Å². The van der Waals surface area contributed by atoms with Crippen LogP contribution in [0.25, 0.3) is 10.8 Å². The van der Waals surface area contributed by atoms with E-state index >= 15 is 0 Å². The second kappa shape index (κ2) is 16.3. The van der Waals surface area contributed by atoms with Gasteiger partial charge >= 0.3 is 12.1 Å². The molecule has 7 rings (SSSR count). The maximum absolute atomic E-state index is 13.0. The molecule has 0 unspecified atom stereocenters. The predicted molar refractivity (Wildman–Crippen MR) is 205 cm³/mol. The lowest BCUT2D eigenvalue weighted by Gasteiger charge is -2.38. The van der Waals surface area contributed by atoms with Gasteiger partial charge in [-0.15, -0.1) is 0 Å². The highest BCUT2D eigenvalue weighted by Crippen LogP contribution is 2.37. The number of carbonyl (C=O) groups excluding carboxylic acids is 1. The number of carbonyl (C=O) groups is 1. The van der Waals surface area contributed by atoms with E-state index in [2.05, 4.69) is 84.1 Å². The summed E-state index contributed by atoms with van der Waals surface area (Å²) in [5.41, 5.74) is 5.33. The molecule has 1 saturated heterocycles. The van der Waals surface area contributed by atoms with Crippen molar-refractivity contribution in [2.45, 2.75) is 46.1 Å². The van der Waals surface area contributed by atoms with Crippen molar-refractivity contribution in [1.82, 2.24) is 19.8 Å². The maximum Gasteiger partial charge on any atom is 0.410 e. The van der Waals surface area contributed by atoms with Crippen LogP contribution in [0.2, 0.25) is 0 Å². The molecule has 4 aromatic carbocycles. The van der Waals surface area contributed by atoms with Gasteiger partial charge in [0.15, 0.2) is 0 Å². The van der Waals surface area contributed by atoms with Gasteiger partial charge < -0.3 is 33.8 Å². The van der Waals surface area contributed by atoms with Crippen LogP contribution in [-0.2, 0) is 30.9 Å². The zero-order valence-electron chi connectivity index (χ0n) is 30.4. The van der Waals surface area contributed by atoms with Crippen molar-refractivity contribution in [2.24, 2.45) is 0 Å². The Labute approximate surface area is 306 Å². The first-order valence-corrected chi connectivity index (χ1v) is 18.3. The number of piperazine rings is 1. The van der Waals surface area contributed by atoms with Crippen molar-refractivity contribution in [2.75, 3.05) is 62.7 Å². The SMILES string of the molecule is CCN(C)C[C@@H](C)Oc1nc2c(c(N3CCN(C(=O)OCc4ccccc4)CC3)n1)CCN(c1cc(OCc3ccccc3)cc3ccccc13)C2. The summed E-state index contributed by atoms with van der Waals surface area (Å²) in [6.07, 6.45) is 0.403. The van der Waals surface area contributed by atoms with E-state index in [1.54, 1.807) is 4.90 Å². The van der Waals surface area contributed by atoms with Crippen LogP contribution in [0.1, 0.15) is 36.2 Å². The predicted octanol–water partition coefficient (Wildman–Crippen LogP) is 6.95. The average Bonchev–Trinajstić information content (AvgIpc) is 3.19. The maximum atomic E-state index is 13.0. The van der Waals surface area contributed by atoms with E-state index in [1.807, 2.05) is 48.5 Å². The van der Waals surface area contributed by atoms with E-state index in [4.69, 9.17) is 24.2 Å². The Morgan fingerprint density at radius 2 is 1.52 bits per heavy atom. The third-order valence-electron chi connectivity index (χ3n) is 9.88. The van der Waals surface area contributed by atoms with Crippen LogP contribution < -0.4 is 19.3 Å². The molecule has 270 valence electrons. The molecule has 10 nitrogen and oxygen atoms in total. The van der Waals surface area contributed by atoms with Gasteiger partial charge in [-0.3, -0.25) is 0 Å². The van der Waals surface area contributed by atoms with Gasteiger partial charge in [-0.25, -0.2) is 4.79 Å². The molecule has 2 aliphatic rings. The number of hydrogen-bond donors (Lipinski definition) is 0. The molecule has 0 spiro atoms. The fraction of sp³-hybridized carbons (Fsp3) is 0.357. The number of likely N-dealkylation sites (N-methyl/N-ethyl adjacent to an activating group) is 1. The smallest absolute Gasteiger partial charge is 0.410 e. The Morgan fingerprint density at radius 3 is 2.25 bits per heavy atom. The van der Waals surface area contributed by atoms with Gasteiger partial charge in [0.1, 0.15) is 30.9 Å². The number of rotatable bonds is 12. The first-order chi connectivity index (χ1) is 25.4. The second-order valence-electron chi connectivity index (χ2n) is 13.7. The van der Waals surface area contributed by atoms with Gasteiger partial charge in [0, 0.05) is 62.0 Å². The topological polar surface area (TPSA) is 83.5 Å².